The standard InChI is InChI=1S/C7H10N2O5S2/c1-15(11,12)9-6-3-2-5(4-7(6)10)16(8,13)14/h2-4,9-10H,1H3,(H2,8,13,14). The van der Waals surface area contributed by atoms with Crippen molar-refractivity contribution in [3.05, 3.63) is 18.2 Å². The van der Waals surface area contributed by atoms with Gasteiger partial charge in [-0.3, -0.25) is 4.72 Å². The summed E-state index contributed by atoms with van der Waals surface area (Å²) in [6, 6.07) is 3.06. The number of hydrogen-bond acceptors (Lipinski definition) is 5. The molecule has 9 heteroatoms. The number of nitrogens with one attached hydrogen (secondary N) is 1. The fourth-order valence-electron chi connectivity index (χ4n) is 0.974. The normalized spacial score (nSPS) is 12.4. The van der Waals surface area contributed by atoms with Crippen LogP contribution in [0, 0.1) is 0 Å². The lowest BCUT2D eigenvalue weighted by molar-refractivity contribution is 0.475. The van der Waals surface area contributed by atoms with Gasteiger partial charge < -0.3 is 5.11 Å². The van der Waals surface area contributed by atoms with Gasteiger partial charge in [-0.2, -0.15) is 0 Å². The summed E-state index contributed by atoms with van der Waals surface area (Å²) in [7, 11) is -7.46. The van der Waals surface area contributed by atoms with Gasteiger partial charge in [-0.1, -0.05) is 0 Å². The molecule has 0 amide bonds. The van der Waals surface area contributed by atoms with E-state index in [0.29, 0.717) is 0 Å². The van der Waals surface area contributed by atoms with Crippen LogP contribution >= 0.6 is 0 Å². The quantitative estimate of drug-likeness (QED) is 0.630. The number of hydrogen-bond donors (Lipinski definition) is 3. The van der Waals surface area contributed by atoms with Crippen LogP contribution in [0.5, 0.6) is 5.75 Å². The molecule has 0 fully saturated rings. The minimum Gasteiger partial charge on any atom is -0.506 e. The van der Waals surface area contributed by atoms with Crippen LogP contribution in [0.25, 0.3) is 0 Å². The SMILES string of the molecule is CS(=O)(=O)Nc1ccc(S(N)(=O)=O)cc1O. The Bertz CT molecular complexity index is 606. The fraction of sp³-hybridized carbons (Fsp3) is 0.143. The first-order valence-electron chi connectivity index (χ1n) is 3.93. The van der Waals surface area contributed by atoms with Crippen LogP contribution in [0.3, 0.4) is 0 Å². The van der Waals surface area contributed by atoms with Gasteiger partial charge in [0.15, 0.2) is 0 Å². The van der Waals surface area contributed by atoms with E-state index >= 15 is 0 Å². The summed E-state index contributed by atoms with van der Waals surface area (Å²) in [6.07, 6.45) is 0.903. The monoisotopic (exact) mass is 266 g/mol. The minimum atomic E-state index is -3.92. The van der Waals surface area contributed by atoms with E-state index < -0.39 is 25.8 Å². The maximum absolute atomic E-state index is 10.9. The van der Waals surface area contributed by atoms with Crippen molar-refractivity contribution in [1.82, 2.24) is 0 Å². The molecule has 0 heterocycles. The van der Waals surface area contributed by atoms with E-state index in [0.717, 1.165) is 24.5 Å². The lowest BCUT2D eigenvalue weighted by atomic mass is 10.3. The van der Waals surface area contributed by atoms with Gasteiger partial charge >= 0.3 is 0 Å². The second-order valence-electron chi connectivity index (χ2n) is 3.10. The third-order valence-electron chi connectivity index (χ3n) is 1.59. The Morgan fingerprint density at radius 3 is 2.19 bits per heavy atom. The maximum Gasteiger partial charge on any atom is 0.238 e. The van der Waals surface area contributed by atoms with Gasteiger partial charge in [-0.25, -0.2) is 22.0 Å². The lowest BCUT2D eigenvalue weighted by Gasteiger charge is -2.07. The molecule has 4 N–H and O–H groups in total. The van der Waals surface area contributed by atoms with Crippen molar-refractivity contribution in [2.45, 2.75) is 4.90 Å². The molecule has 1 aromatic carbocycles. The largest absolute Gasteiger partial charge is 0.506 e. The number of benzene rings is 1. The van der Waals surface area contributed by atoms with Gasteiger partial charge in [0.05, 0.1) is 16.8 Å². The van der Waals surface area contributed by atoms with Crippen molar-refractivity contribution in [3.63, 3.8) is 0 Å². The Morgan fingerprint density at radius 1 is 1.25 bits per heavy atom. The molecule has 0 saturated carbocycles. The summed E-state index contributed by atoms with van der Waals surface area (Å²) in [5.74, 6) is -0.517. The Kier molecular flexibility index (Phi) is 3.13. The Balaban J connectivity index is 3.21. The number of sulfonamides is 2. The third-order valence-corrected chi connectivity index (χ3v) is 3.09. The Hall–Kier alpha value is -1.32. The number of primary sulfonamides is 1. The number of nitrogens with two attached hydrogens (primary N) is 1. The molecule has 0 atom stereocenters. The molecule has 16 heavy (non-hydrogen) atoms. The van der Waals surface area contributed by atoms with E-state index in [1.165, 1.54) is 0 Å². The van der Waals surface area contributed by atoms with Gasteiger partial charge in [0.2, 0.25) is 20.0 Å². The van der Waals surface area contributed by atoms with E-state index in [4.69, 9.17) is 5.14 Å². The van der Waals surface area contributed by atoms with E-state index in [9.17, 15) is 21.9 Å². The highest BCUT2D eigenvalue weighted by atomic mass is 32.2. The number of anilines is 1. The summed E-state index contributed by atoms with van der Waals surface area (Å²) in [5, 5.41) is 14.2. The van der Waals surface area contributed by atoms with Gasteiger partial charge in [0, 0.05) is 6.07 Å². The highest BCUT2D eigenvalue weighted by Crippen LogP contribution is 2.26. The predicted molar refractivity (Wildman–Crippen MR) is 57.9 cm³/mol. The molecule has 0 spiro atoms. The summed E-state index contributed by atoms with van der Waals surface area (Å²) < 4.78 is 45.6. The molecule has 0 bridgehead atoms. The molecular formula is C7H10N2O5S2. The number of phenolic OH excluding ortho intramolecular Hbond substituents is 1. The summed E-state index contributed by atoms with van der Waals surface area (Å²) in [6.45, 7) is 0. The molecule has 0 aliphatic heterocycles. The van der Waals surface area contributed by atoms with Crippen LogP contribution in [0.2, 0.25) is 0 Å². The average molecular weight is 266 g/mol. The van der Waals surface area contributed by atoms with Gasteiger partial charge in [0.1, 0.15) is 5.75 Å². The fourth-order valence-corrected chi connectivity index (χ4v) is 2.08. The molecule has 0 aliphatic carbocycles. The highest BCUT2D eigenvalue weighted by Gasteiger charge is 2.12. The van der Waals surface area contributed by atoms with Crippen LogP contribution < -0.4 is 9.86 Å². The Morgan fingerprint density at radius 2 is 1.81 bits per heavy atom. The molecule has 0 aliphatic rings. The van der Waals surface area contributed by atoms with Crippen LogP contribution in [0.4, 0.5) is 5.69 Å². The molecule has 0 radical (unpaired) electrons. The molecule has 0 unspecified atom stereocenters. The first-order valence-corrected chi connectivity index (χ1v) is 7.37. The number of phenols is 1. The number of rotatable bonds is 3. The second kappa shape index (κ2) is 3.92. The average Bonchev–Trinajstić information content (AvgIpc) is 2.04. The zero-order chi connectivity index (χ0) is 12.6. The second-order valence-corrected chi connectivity index (χ2v) is 6.41. The zero-order valence-electron chi connectivity index (χ0n) is 8.21. The molecule has 7 nitrogen and oxygen atoms in total. The van der Waals surface area contributed by atoms with E-state index in [2.05, 4.69) is 0 Å². The van der Waals surface area contributed by atoms with Gasteiger partial charge in [0.25, 0.3) is 0 Å². The smallest absolute Gasteiger partial charge is 0.238 e. The van der Waals surface area contributed by atoms with Crippen molar-refractivity contribution in [2.75, 3.05) is 11.0 Å². The molecular weight excluding hydrogens is 256 g/mol. The predicted octanol–water partition coefficient (Wildman–Crippen LogP) is -0.589. The van der Waals surface area contributed by atoms with E-state index in [1.54, 1.807) is 0 Å². The highest BCUT2D eigenvalue weighted by molar-refractivity contribution is 7.92. The summed E-state index contributed by atoms with van der Waals surface area (Å²) >= 11 is 0. The van der Waals surface area contributed by atoms with Crippen molar-refractivity contribution in [3.8, 4) is 5.75 Å². The maximum atomic E-state index is 10.9. The third kappa shape index (κ3) is 3.36. The minimum absolute atomic E-state index is 0.116. The topological polar surface area (TPSA) is 127 Å². The Labute approximate surface area is 93.0 Å². The van der Waals surface area contributed by atoms with Gasteiger partial charge in [-0.15, -0.1) is 0 Å². The van der Waals surface area contributed by atoms with Crippen molar-refractivity contribution < 1.29 is 21.9 Å². The molecule has 1 aromatic rings. The lowest BCUT2D eigenvalue weighted by Crippen LogP contribution is -2.13. The van der Waals surface area contributed by atoms with Crippen molar-refractivity contribution >= 4 is 25.7 Å². The summed E-state index contributed by atoms with van der Waals surface area (Å²) in [5.41, 5.74) is -0.116. The van der Waals surface area contributed by atoms with E-state index in [1.807, 2.05) is 4.72 Å². The van der Waals surface area contributed by atoms with E-state index in [-0.39, 0.29) is 10.6 Å². The van der Waals surface area contributed by atoms with Crippen LogP contribution in [-0.4, -0.2) is 28.2 Å². The molecule has 0 saturated heterocycles. The first kappa shape index (κ1) is 12.7. The van der Waals surface area contributed by atoms with Crippen molar-refractivity contribution in [1.29, 1.82) is 0 Å². The van der Waals surface area contributed by atoms with Crippen LogP contribution in [-0.2, 0) is 20.0 Å². The molecule has 1 rings (SSSR count). The van der Waals surface area contributed by atoms with Gasteiger partial charge in [-0.05, 0) is 12.1 Å². The van der Waals surface area contributed by atoms with Crippen molar-refractivity contribution in [2.24, 2.45) is 5.14 Å². The van der Waals surface area contributed by atoms with Crippen LogP contribution in [0.15, 0.2) is 23.1 Å². The zero-order valence-corrected chi connectivity index (χ0v) is 9.84. The van der Waals surface area contributed by atoms with Crippen LogP contribution in [0.1, 0.15) is 0 Å². The molecule has 0 aromatic heterocycles. The molecule has 90 valence electrons. The number of aromatic hydroxyl groups is 1. The summed E-state index contributed by atoms with van der Waals surface area (Å²) in [4.78, 5) is -0.302. The first-order chi connectivity index (χ1) is 7.09.